The summed E-state index contributed by atoms with van der Waals surface area (Å²) in [5, 5.41) is 0.495. The molecule has 3 N–H and O–H groups in total. The first-order chi connectivity index (χ1) is 16.4. The Morgan fingerprint density at radius 1 is 1.00 bits per heavy atom. The quantitative estimate of drug-likeness (QED) is 0.314. The Labute approximate surface area is 194 Å². The summed E-state index contributed by atoms with van der Waals surface area (Å²) >= 11 is 0. The number of hydrogen-bond donors (Lipinski definition) is 3. The third-order valence-electron chi connectivity index (χ3n) is 4.78. The Hall–Kier alpha value is -4.41. The van der Waals surface area contributed by atoms with Gasteiger partial charge in [0.15, 0.2) is 18.1 Å². The molecule has 3 aromatic rings. The second-order valence-corrected chi connectivity index (χ2v) is 7.12. The van der Waals surface area contributed by atoms with Gasteiger partial charge in [0.05, 0.1) is 25.1 Å². The number of hydrogen-bond acceptors (Lipinski definition) is 8. The van der Waals surface area contributed by atoms with Crippen LogP contribution in [0.2, 0.25) is 0 Å². The molecule has 178 valence electrons. The molecule has 2 amide bonds. The predicted molar refractivity (Wildman–Crippen MR) is 121 cm³/mol. The number of aryl methyl sites for hydroxylation is 1. The van der Waals surface area contributed by atoms with Gasteiger partial charge in [-0.15, -0.1) is 0 Å². The van der Waals surface area contributed by atoms with Crippen LogP contribution in [-0.4, -0.2) is 48.6 Å². The highest BCUT2D eigenvalue weighted by molar-refractivity contribution is 5.96. The topological polar surface area (TPSA) is 149 Å². The van der Waals surface area contributed by atoms with Crippen LogP contribution in [0.3, 0.4) is 0 Å². The van der Waals surface area contributed by atoms with E-state index in [1.807, 2.05) is 0 Å². The lowest BCUT2D eigenvalue weighted by Gasteiger charge is -2.11. The van der Waals surface area contributed by atoms with Crippen LogP contribution in [-0.2, 0) is 20.7 Å². The zero-order valence-corrected chi connectivity index (χ0v) is 18.7. The summed E-state index contributed by atoms with van der Waals surface area (Å²) in [7, 11) is 2.91. The number of nitrogens with one attached hydrogen (secondary N) is 3. The number of para-hydroxylation sites is 1. The number of fused-ring (bicyclic) bond motifs is 1. The summed E-state index contributed by atoms with van der Waals surface area (Å²) < 4.78 is 15.1. The van der Waals surface area contributed by atoms with Crippen molar-refractivity contribution in [2.45, 2.75) is 19.3 Å². The molecule has 0 aliphatic rings. The fourth-order valence-electron chi connectivity index (χ4n) is 3.08. The lowest BCUT2D eigenvalue weighted by molar-refractivity contribution is -0.148. The molecule has 34 heavy (non-hydrogen) atoms. The Kier molecular flexibility index (Phi) is 8.16. The molecule has 2 aromatic carbocycles. The average molecular weight is 468 g/mol. The van der Waals surface area contributed by atoms with E-state index in [0.29, 0.717) is 41.1 Å². The minimum absolute atomic E-state index is 0.0296. The largest absolute Gasteiger partial charge is 0.493 e. The summed E-state index contributed by atoms with van der Waals surface area (Å²) in [6.07, 6.45) is 0.766. The normalized spacial score (nSPS) is 10.4. The third kappa shape index (κ3) is 6.31. The summed E-state index contributed by atoms with van der Waals surface area (Å²) in [6, 6.07) is 11.5. The van der Waals surface area contributed by atoms with E-state index in [1.54, 1.807) is 30.3 Å². The molecule has 0 radical (unpaired) electrons. The fraction of sp³-hybridized carbons (Fsp3) is 0.261. The number of carbonyl (C=O) groups excluding carboxylic acids is 3. The number of H-pyrrole nitrogens is 1. The first-order valence-electron chi connectivity index (χ1n) is 10.4. The maximum absolute atomic E-state index is 12.2. The Morgan fingerprint density at radius 3 is 2.53 bits per heavy atom. The molecule has 0 atom stereocenters. The van der Waals surface area contributed by atoms with Crippen molar-refractivity contribution in [3.05, 3.63) is 64.2 Å². The molecule has 0 aliphatic heterocycles. The number of rotatable bonds is 9. The van der Waals surface area contributed by atoms with Gasteiger partial charge in [-0.2, -0.15) is 0 Å². The molecular weight excluding hydrogens is 444 g/mol. The molecule has 3 rings (SSSR count). The van der Waals surface area contributed by atoms with Gasteiger partial charge in [-0.05, 0) is 36.8 Å². The van der Waals surface area contributed by atoms with Gasteiger partial charge in [0.2, 0.25) is 0 Å². The van der Waals surface area contributed by atoms with Gasteiger partial charge in [0, 0.05) is 18.4 Å². The van der Waals surface area contributed by atoms with Gasteiger partial charge in [-0.25, -0.2) is 4.98 Å². The molecule has 0 aliphatic carbocycles. The number of aromatic nitrogens is 2. The van der Waals surface area contributed by atoms with E-state index >= 15 is 0 Å². The van der Waals surface area contributed by atoms with Crippen LogP contribution < -0.4 is 25.9 Å². The first-order valence-corrected chi connectivity index (χ1v) is 10.4. The van der Waals surface area contributed by atoms with Crippen LogP contribution in [0.1, 0.15) is 29.0 Å². The number of ether oxygens (including phenoxy) is 3. The standard InChI is InChI=1S/C23H24N4O7/c1-32-17-11-10-14(12-18(17)33-2)22(30)27-26-20(28)13-34-21(29)9-5-8-19-24-16-7-4-3-6-15(16)23(31)25-19/h3-4,6-7,10-12H,5,8-9,13H2,1-2H3,(H,26,28)(H,27,30)(H,24,25,31). The van der Waals surface area contributed by atoms with Crippen molar-refractivity contribution in [1.82, 2.24) is 20.8 Å². The number of amides is 2. The molecule has 0 saturated carbocycles. The molecule has 11 nitrogen and oxygen atoms in total. The third-order valence-corrected chi connectivity index (χ3v) is 4.78. The lowest BCUT2D eigenvalue weighted by Crippen LogP contribution is -2.43. The van der Waals surface area contributed by atoms with Crippen LogP contribution in [0.4, 0.5) is 0 Å². The number of esters is 1. The fourth-order valence-corrected chi connectivity index (χ4v) is 3.08. The van der Waals surface area contributed by atoms with E-state index in [4.69, 9.17) is 14.2 Å². The van der Waals surface area contributed by atoms with Crippen molar-refractivity contribution < 1.29 is 28.6 Å². The number of carbonyl (C=O) groups is 3. The molecule has 1 aromatic heterocycles. The van der Waals surface area contributed by atoms with Crippen molar-refractivity contribution >= 4 is 28.7 Å². The SMILES string of the molecule is COc1ccc(C(=O)NNC(=O)COC(=O)CCCc2nc3ccccc3c(=O)[nH]2)cc1OC. The van der Waals surface area contributed by atoms with Gasteiger partial charge in [0.1, 0.15) is 5.82 Å². The average Bonchev–Trinajstić information content (AvgIpc) is 2.85. The predicted octanol–water partition coefficient (Wildman–Crippen LogP) is 1.27. The summed E-state index contributed by atoms with van der Waals surface area (Å²) in [6.45, 7) is -0.559. The van der Waals surface area contributed by atoms with Crippen LogP contribution in [0.15, 0.2) is 47.3 Å². The van der Waals surface area contributed by atoms with E-state index in [2.05, 4.69) is 20.8 Å². The molecule has 0 unspecified atom stereocenters. The second kappa shape index (κ2) is 11.5. The minimum Gasteiger partial charge on any atom is -0.493 e. The zero-order chi connectivity index (χ0) is 24.5. The monoisotopic (exact) mass is 468 g/mol. The van der Waals surface area contributed by atoms with E-state index in [9.17, 15) is 19.2 Å². The van der Waals surface area contributed by atoms with Gasteiger partial charge in [-0.3, -0.25) is 30.0 Å². The number of aromatic amines is 1. The highest BCUT2D eigenvalue weighted by Gasteiger charge is 2.13. The van der Waals surface area contributed by atoms with Crippen molar-refractivity contribution in [2.24, 2.45) is 0 Å². The number of methoxy groups -OCH3 is 2. The number of nitrogens with zero attached hydrogens (tertiary/aromatic N) is 1. The highest BCUT2D eigenvalue weighted by atomic mass is 16.5. The van der Waals surface area contributed by atoms with Crippen LogP contribution >= 0.6 is 0 Å². The molecule has 0 spiro atoms. The lowest BCUT2D eigenvalue weighted by atomic mass is 10.2. The molecule has 1 heterocycles. The number of benzene rings is 2. The van der Waals surface area contributed by atoms with Gasteiger partial charge in [-0.1, -0.05) is 12.1 Å². The molecule has 11 heteroatoms. The van der Waals surface area contributed by atoms with Gasteiger partial charge in [0.25, 0.3) is 17.4 Å². The highest BCUT2D eigenvalue weighted by Crippen LogP contribution is 2.27. The maximum Gasteiger partial charge on any atom is 0.306 e. The summed E-state index contributed by atoms with van der Waals surface area (Å²) in [5.74, 6) is -0.604. The van der Waals surface area contributed by atoms with Crippen molar-refractivity contribution in [3.63, 3.8) is 0 Å². The van der Waals surface area contributed by atoms with Crippen LogP contribution in [0, 0.1) is 0 Å². The van der Waals surface area contributed by atoms with E-state index in [1.165, 1.54) is 26.4 Å². The summed E-state index contributed by atoms with van der Waals surface area (Å²) in [5.41, 5.74) is 4.97. The molecule has 0 bridgehead atoms. The molecule has 0 fully saturated rings. The first kappa shape index (κ1) is 24.2. The van der Waals surface area contributed by atoms with E-state index in [-0.39, 0.29) is 17.5 Å². The smallest absolute Gasteiger partial charge is 0.306 e. The van der Waals surface area contributed by atoms with Crippen molar-refractivity contribution in [3.8, 4) is 11.5 Å². The van der Waals surface area contributed by atoms with Crippen LogP contribution in [0.5, 0.6) is 11.5 Å². The maximum atomic E-state index is 12.2. The van der Waals surface area contributed by atoms with Crippen molar-refractivity contribution in [2.75, 3.05) is 20.8 Å². The Bertz CT molecular complexity index is 1260. The van der Waals surface area contributed by atoms with E-state index in [0.717, 1.165) is 0 Å². The van der Waals surface area contributed by atoms with Gasteiger partial charge >= 0.3 is 5.97 Å². The van der Waals surface area contributed by atoms with Gasteiger partial charge < -0.3 is 19.2 Å². The Morgan fingerprint density at radius 2 is 1.76 bits per heavy atom. The van der Waals surface area contributed by atoms with Crippen LogP contribution in [0.25, 0.3) is 10.9 Å². The number of hydrazine groups is 1. The molecular formula is C23H24N4O7. The molecule has 0 saturated heterocycles. The van der Waals surface area contributed by atoms with E-state index < -0.39 is 24.4 Å². The van der Waals surface area contributed by atoms with Crippen molar-refractivity contribution in [1.29, 1.82) is 0 Å². The zero-order valence-electron chi connectivity index (χ0n) is 18.7. The summed E-state index contributed by atoms with van der Waals surface area (Å²) in [4.78, 5) is 55.1. The minimum atomic E-state index is -0.706. The Balaban J connectivity index is 1.39. The second-order valence-electron chi connectivity index (χ2n) is 7.12.